The first-order valence-electron chi connectivity index (χ1n) is 9.94. The molecule has 0 aliphatic rings. The van der Waals surface area contributed by atoms with Gasteiger partial charge in [0, 0.05) is 20.5 Å². The maximum Gasteiger partial charge on any atom is 0.416 e. The fourth-order valence-corrected chi connectivity index (χ4v) is 4.56. The van der Waals surface area contributed by atoms with Gasteiger partial charge in [-0.1, -0.05) is 31.4 Å². The predicted molar refractivity (Wildman–Crippen MR) is 115 cm³/mol. The Hall–Kier alpha value is -2.05. The molecule has 1 aromatic heterocycles. The number of halogens is 3. The summed E-state index contributed by atoms with van der Waals surface area (Å²) in [5.41, 5.74) is 6.66. The standard InChI is InChI=1S/C23H26F3NOS/c1-16-22(17-7-9-18(10-8-17)23(24,25)26)20-12-11-19(15-21(20)29-16)28-14-6-4-2-3-5-13-27/h7-12,15H,2-6,13-14,27H2,1H3. The monoisotopic (exact) mass is 421 g/mol. The van der Waals surface area contributed by atoms with E-state index in [1.54, 1.807) is 23.5 Å². The minimum Gasteiger partial charge on any atom is -0.494 e. The van der Waals surface area contributed by atoms with E-state index in [-0.39, 0.29) is 0 Å². The number of fused-ring (bicyclic) bond motifs is 1. The van der Waals surface area contributed by atoms with Gasteiger partial charge >= 0.3 is 6.18 Å². The van der Waals surface area contributed by atoms with Crippen LogP contribution in [-0.2, 0) is 6.18 Å². The molecule has 0 amide bonds. The third-order valence-corrected chi connectivity index (χ3v) is 6.02. The molecule has 0 fully saturated rings. The SMILES string of the molecule is Cc1sc2cc(OCCCCCCCN)ccc2c1-c1ccc(C(F)(F)F)cc1. The van der Waals surface area contributed by atoms with Crippen LogP contribution in [0.1, 0.15) is 42.5 Å². The van der Waals surface area contributed by atoms with Gasteiger partial charge in [-0.2, -0.15) is 13.2 Å². The zero-order valence-electron chi connectivity index (χ0n) is 16.5. The summed E-state index contributed by atoms with van der Waals surface area (Å²) in [6.07, 6.45) is 1.27. The Kier molecular flexibility index (Phi) is 7.19. The van der Waals surface area contributed by atoms with Gasteiger partial charge in [0.1, 0.15) is 5.75 Å². The Morgan fingerprint density at radius 1 is 0.931 bits per heavy atom. The molecule has 3 aromatic rings. The first-order chi connectivity index (χ1) is 13.9. The van der Waals surface area contributed by atoms with Crippen molar-refractivity contribution in [3.05, 3.63) is 52.9 Å². The highest BCUT2D eigenvalue weighted by atomic mass is 32.1. The molecule has 29 heavy (non-hydrogen) atoms. The largest absolute Gasteiger partial charge is 0.494 e. The molecule has 0 spiro atoms. The zero-order chi connectivity index (χ0) is 20.9. The molecule has 0 aliphatic heterocycles. The maximum absolute atomic E-state index is 12.8. The lowest BCUT2D eigenvalue weighted by molar-refractivity contribution is -0.137. The number of hydrogen-bond acceptors (Lipinski definition) is 3. The van der Waals surface area contributed by atoms with Crippen LogP contribution in [0.3, 0.4) is 0 Å². The third kappa shape index (κ3) is 5.52. The summed E-state index contributed by atoms with van der Waals surface area (Å²) in [5.74, 6) is 0.833. The minimum atomic E-state index is -4.32. The number of unbranched alkanes of at least 4 members (excludes halogenated alkanes) is 4. The summed E-state index contributed by atoms with van der Waals surface area (Å²) in [7, 11) is 0. The van der Waals surface area contributed by atoms with E-state index in [2.05, 4.69) is 0 Å². The van der Waals surface area contributed by atoms with Gasteiger partial charge in [-0.25, -0.2) is 0 Å². The van der Waals surface area contributed by atoms with Crippen molar-refractivity contribution in [2.75, 3.05) is 13.2 Å². The highest BCUT2D eigenvalue weighted by molar-refractivity contribution is 7.19. The fourth-order valence-electron chi connectivity index (χ4n) is 3.44. The van der Waals surface area contributed by atoms with Crippen LogP contribution < -0.4 is 10.5 Å². The van der Waals surface area contributed by atoms with Crippen molar-refractivity contribution in [3.8, 4) is 16.9 Å². The van der Waals surface area contributed by atoms with Crippen molar-refractivity contribution in [3.63, 3.8) is 0 Å². The normalized spacial score (nSPS) is 11.9. The van der Waals surface area contributed by atoms with Crippen molar-refractivity contribution >= 4 is 21.4 Å². The number of nitrogens with two attached hydrogens (primary N) is 1. The number of benzene rings is 2. The molecular formula is C23H26F3NOS. The molecule has 0 unspecified atom stereocenters. The Bertz CT molecular complexity index is 932. The van der Waals surface area contributed by atoms with E-state index >= 15 is 0 Å². The quantitative estimate of drug-likeness (QED) is 0.371. The molecule has 0 aliphatic carbocycles. The number of hydrogen-bond donors (Lipinski definition) is 1. The molecule has 156 valence electrons. The predicted octanol–water partition coefficient (Wildman–Crippen LogP) is 7.18. The van der Waals surface area contributed by atoms with E-state index in [4.69, 9.17) is 10.5 Å². The van der Waals surface area contributed by atoms with Crippen LogP contribution in [0.2, 0.25) is 0 Å². The van der Waals surface area contributed by atoms with Crippen LogP contribution in [0.25, 0.3) is 21.2 Å². The second kappa shape index (κ2) is 9.63. The van der Waals surface area contributed by atoms with E-state index in [0.717, 1.165) is 69.8 Å². The Labute approximate surface area is 173 Å². The molecule has 2 nitrogen and oxygen atoms in total. The van der Waals surface area contributed by atoms with Gasteiger partial charge in [-0.3, -0.25) is 0 Å². The minimum absolute atomic E-state index is 0.628. The molecule has 0 bridgehead atoms. The van der Waals surface area contributed by atoms with Gasteiger partial charge in [-0.15, -0.1) is 11.3 Å². The van der Waals surface area contributed by atoms with Crippen LogP contribution in [0.5, 0.6) is 5.75 Å². The van der Waals surface area contributed by atoms with Crippen molar-refractivity contribution in [1.82, 2.24) is 0 Å². The van der Waals surface area contributed by atoms with Crippen LogP contribution in [0.15, 0.2) is 42.5 Å². The Morgan fingerprint density at radius 2 is 1.62 bits per heavy atom. The van der Waals surface area contributed by atoms with E-state index in [1.165, 1.54) is 12.8 Å². The average molecular weight is 422 g/mol. The molecule has 2 N–H and O–H groups in total. The lowest BCUT2D eigenvalue weighted by Crippen LogP contribution is -2.03. The van der Waals surface area contributed by atoms with Gasteiger partial charge in [-0.05, 0) is 62.2 Å². The summed E-state index contributed by atoms with van der Waals surface area (Å²) in [6, 6.07) is 11.3. The number of rotatable bonds is 9. The maximum atomic E-state index is 12.8. The average Bonchev–Trinajstić information content (AvgIpc) is 3.01. The molecule has 3 rings (SSSR count). The van der Waals surface area contributed by atoms with Crippen molar-refractivity contribution < 1.29 is 17.9 Å². The summed E-state index contributed by atoms with van der Waals surface area (Å²) in [4.78, 5) is 1.08. The lowest BCUT2D eigenvalue weighted by Gasteiger charge is -2.09. The Balaban J connectivity index is 1.69. The van der Waals surface area contributed by atoms with Crippen LogP contribution >= 0.6 is 11.3 Å². The second-order valence-corrected chi connectivity index (χ2v) is 8.43. The highest BCUT2D eigenvalue weighted by Gasteiger charge is 2.30. The van der Waals surface area contributed by atoms with Crippen LogP contribution in [0.4, 0.5) is 13.2 Å². The van der Waals surface area contributed by atoms with Crippen molar-refractivity contribution in [2.45, 2.75) is 45.2 Å². The van der Waals surface area contributed by atoms with Crippen molar-refractivity contribution in [1.29, 1.82) is 0 Å². The van der Waals surface area contributed by atoms with Crippen LogP contribution in [-0.4, -0.2) is 13.2 Å². The number of alkyl halides is 3. The van der Waals surface area contributed by atoms with Gasteiger partial charge in [0.05, 0.1) is 12.2 Å². The summed E-state index contributed by atoms with van der Waals surface area (Å²) < 4.78 is 45.4. The molecule has 0 saturated heterocycles. The summed E-state index contributed by atoms with van der Waals surface area (Å²) in [6.45, 7) is 3.44. The van der Waals surface area contributed by atoms with Gasteiger partial charge in [0.2, 0.25) is 0 Å². The molecule has 1 heterocycles. The molecular weight excluding hydrogens is 395 g/mol. The molecule has 0 saturated carbocycles. The first-order valence-corrected chi connectivity index (χ1v) is 10.8. The lowest BCUT2D eigenvalue weighted by atomic mass is 10.0. The Morgan fingerprint density at radius 3 is 2.31 bits per heavy atom. The summed E-state index contributed by atoms with van der Waals surface area (Å²) in [5, 5.41) is 1.04. The summed E-state index contributed by atoms with van der Waals surface area (Å²) >= 11 is 1.64. The molecule has 0 atom stereocenters. The molecule has 6 heteroatoms. The van der Waals surface area contributed by atoms with Crippen molar-refractivity contribution in [2.24, 2.45) is 5.73 Å². The number of ether oxygens (including phenoxy) is 1. The van der Waals surface area contributed by atoms with E-state index in [0.29, 0.717) is 6.61 Å². The van der Waals surface area contributed by atoms with Gasteiger partial charge < -0.3 is 10.5 Å². The third-order valence-electron chi connectivity index (χ3n) is 4.96. The number of thiophene rings is 1. The first kappa shape index (κ1) is 21.7. The molecule has 2 aromatic carbocycles. The van der Waals surface area contributed by atoms with E-state index < -0.39 is 11.7 Å². The van der Waals surface area contributed by atoms with Gasteiger partial charge in [0.15, 0.2) is 0 Å². The van der Waals surface area contributed by atoms with Crippen LogP contribution in [0, 0.1) is 6.92 Å². The fraction of sp³-hybridized carbons (Fsp3) is 0.391. The second-order valence-electron chi connectivity index (χ2n) is 7.17. The van der Waals surface area contributed by atoms with E-state index in [9.17, 15) is 13.2 Å². The zero-order valence-corrected chi connectivity index (χ0v) is 17.3. The number of aryl methyl sites for hydroxylation is 1. The van der Waals surface area contributed by atoms with Gasteiger partial charge in [0.25, 0.3) is 0 Å². The molecule has 0 radical (unpaired) electrons. The highest BCUT2D eigenvalue weighted by Crippen LogP contribution is 2.40. The van der Waals surface area contributed by atoms with E-state index in [1.807, 2.05) is 25.1 Å². The topological polar surface area (TPSA) is 35.2 Å². The smallest absolute Gasteiger partial charge is 0.416 e.